The summed E-state index contributed by atoms with van der Waals surface area (Å²) >= 11 is 0. The summed E-state index contributed by atoms with van der Waals surface area (Å²) in [6.07, 6.45) is -1.03. The molecule has 6 heteroatoms. The Morgan fingerprint density at radius 3 is 2.10 bits per heavy atom. The fourth-order valence-electron chi connectivity index (χ4n) is 3.01. The first-order valence-corrected chi connectivity index (χ1v) is 9.71. The maximum absolute atomic E-state index is 12.9. The normalized spacial score (nSPS) is 11.3. The van der Waals surface area contributed by atoms with Crippen molar-refractivity contribution in [3.8, 4) is 16.9 Å². The van der Waals surface area contributed by atoms with Crippen LogP contribution in [0.3, 0.4) is 0 Å². The molecule has 0 aliphatic carbocycles. The second kappa shape index (κ2) is 9.71. The molecule has 0 spiro atoms. The molecule has 0 radical (unpaired) electrons. The summed E-state index contributed by atoms with van der Waals surface area (Å²) in [7, 11) is 3.23. The molecule has 6 nitrogen and oxygen atoms in total. The number of esters is 2. The highest BCUT2D eigenvalue weighted by atomic mass is 16.5. The molecular weight excluding hydrogens is 394 g/mol. The van der Waals surface area contributed by atoms with E-state index in [1.165, 1.54) is 11.8 Å². The lowest BCUT2D eigenvalue weighted by molar-refractivity contribution is -0.138. The fourth-order valence-corrected chi connectivity index (χ4v) is 3.01. The van der Waals surface area contributed by atoms with Gasteiger partial charge in [0.05, 0.1) is 5.56 Å². The smallest absolute Gasteiger partial charge is 0.339 e. The third kappa shape index (κ3) is 5.57. The number of carbonyl (C=O) groups is 3. The minimum absolute atomic E-state index is 0.322. The van der Waals surface area contributed by atoms with Gasteiger partial charge in [0.15, 0.2) is 0 Å². The number of likely N-dealkylation sites (N-methyl/N-ethyl adjacent to an activating group) is 1. The predicted octanol–water partition coefficient (Wildman–Crippen LogP) is 4.27. The zero-order chi connectivity index (χ0) is 22.4. The summed E-state index contributed by atoms with van der Waals surface area (Å²) in [5.41, 5.74) is 2.56. The van der Waals surface area contributed by atoms with Gasteiger partial charge in [0.25, 0.3) is 5.91 Å². The Hall–Kier alpha value is -3.93. The largest absolute Gasteiger partial charge is 0.444 e. The first kappa shape index (κ1) is 21.8. The van der Waals surface area contributed by atoms with E-state index in [2.05, 4.69) is 0 Å². The van der Waals surface area contributed by atoms with Crippen molar-refractivity contribution in [1.29, 1.82) is 0 Å². The van der Waals surface area contributed by atoms with Gasteiger partial charge in [0, 0.05) is 26.6 Å². The Morgan fingerprint density at radius 2 is 1.48 bits per heavy atom. The summed E-state index contributed by atoms with van der Waals surface area (Å²) in [5, 5.41) is 0. The number of ether oxygens (including phenoxy) is 2. The zero-order valence-corrected chi connectivity index (χ0v) is 17.6. The standard InChI is InChI=1S/C25H23NO5/c1-17(27)30-22-14-12-18(13-15-22)20-10-7-11-21(16-20)25(29)31-23(24(28)26(2)3)19-8-5-4-6-9-19/h4-16,23H,1-3H3/t23-/m1/s1. The average molecular weight is 417 g/mol. The molecule has 1 atom stereocenters. The molecule has 0 heterocycles. The summed E-state index contributed by atoms with van der Waals surface area (Å²) in [6.45, 7) is 1.34. The molecule has 0 aliphatic rings. The molecule has 0 unspecified atom stereocenters. The number of hydrogen-bond donors (Lipinski definition) is 0. The van der Waals surface area contributed by atoms with Gasteiger partial charge in [-0.1, -0.05) is 54.6 Å². The number of amides is 1. The van der Waals surface area contributed by atoms with Gasteiger partial charge in [-0.2, -0.15) is 0 Å². The van der Waals surface area contributed by atoms with E-state index >= 15 is 0 Å². The van der Waals surface area contributed by atoms with Gasteiger partial charge < -0.3 is 14.4 Å². The van der Waals surface area contributed by atoms with Crippen LogP contribution in [0, 0.1) is 0 Å². The van der Waals surface area contributed by atoms with Crippen molar-refractivity contribution in [2.45, 2.75) is 13.0 Å². The van der Waals surface area contributed by atoms with Crippen LogP contribution in [-0.2, 0) is 14.3 Å². The monoisotopic (exact) mass is 417 g/mol. The lowest BCUT2D eigenvalue weighted by Crippen LogP contribution is -2.31. The van der Waals surface area contributed by atoms with Crippen molar-refractivity contribution in [1.82, 2.24) is 4.90 Å². The maximum Gasteiger partial charge on any atom is 0.339 e. The molecule has 0 N–H and O–H groups in total. The summed E-state index contributed by atoms with van der Waals surface area (Å²) in [4.78, 5) is 37.9. The van der Waals surface area contributed by atoms with Crippen molar-refractivity contribution in [3.05, 3.63) is 90.0 Å². The fraction of sp³-hybridized carbons (Fsp3) is 0.160. The number of rotatable bonds is 6. The average Bonchev–Trinajstić information content (AvgIpc) is 2.77. The number of hydrogen-bond acceptors (Lipinski definition) is 5. The lowest BCUT2D eigenvalue weighted by atomic mass is 10.0. The number of carbonyl (C=O) groups excluding carboxylic acids is 3. The molecule has 0 saturated heterocycles. The third-order valence-corrected chi connectivity index (χ3v) is 4.54. The molecule has 3 rings (SSSR count). The van der Waals surface area contributed by atoms with E-state index < -0.39 is 18.0 Å². The molecule has 158 valence electrons. The van der Waals surface area contributed by atoms with Crippen LogP contribution >= 0.6 is 0 Å². The van der Waals surface area contributed by atoms with Gasteiger partial charge in [0.2, 0.25) is 6.10 Å². The second-order valence-corrected chi connectivity index (χ2v) is 7.13. The molecule has 31 heavy (non-hydrogen) atoms. The highest BCUT2D eigenvalue weighted by molar-refractivity contribution is 5.93. The van der Waals surface area contributed by atoms with Crippen LogP contribution in [0.25, 0.3) is 11.1 Å². The van der Waals surface area contributed by atoms with Crippen molar-refractivity contribution < 1.29 is 23.9 Å². The van der Waals surface area contributed by atoms with Gasteiger partial charge in [-0.05, 0) is 35.4 Å². The van der Waals surface area contributed by atoms with Crippen LogP contribution in [0.1, 0.15) is 28.9 Å². The van der Waals surface area contributed by atoms with Crippen LogP contribution in [0.5, 0.6) is 5.75 Å². The van der Waals surface area contributed by atoms with E-state index in [-0.39, 0.29) is 5.91 Å². The molecule has 0 bridgehead atoms. The van der Waals surface area contributed by atoms with Crippen LogP contribution < -0.4 is 4.74 Å². The van der Waals surface area contributed by atoms with E-state index in [0.29, 0.717) is 16.9 Å². The molecule has 3 aromatic carbocycles. The quantitative estimate of drug-likeness (QED) is 0.443. The summed E-state index contributed by atoms with van der Waals surface area (Å²) < 4.78 is 10.7. The molecule has 0 aromatic heterocycles. The van der Waals surface area contributed by atoms with E-state index in [4.69, 9.17) is 9.47 Å². The Balaban J connectivity index is 1.83. The van der Waals surface area contributed by atoms with Crippen molar-refractivity contribution in [2.75, 3.05) is 14.1 Å². The molecule has 0 aliphatic heterocycles. The van der Waals surface area contributed by atoms with E-state index in [1.807, 2.05) is 12.1 Å². The Morgan fingerprint density at radius 1 is 0.806 bits per heavy atom. The van der Waals surface area contributed by atoms with Gasteiger partial charge in [0.1, 0.15) is 5.75 Å². The zero-order valence-electron chi connectivity index (χ0n) is 17.6. The second-order valence-electron chi connectivity index (χ2n) is 7.13. The van der Waals surface area contributed by atoms with E-state index in [0.717, 1.165) is 11.1 Å². The van der Waals surface area contributed by atoms with E-state index in [1.54, 1.807) is 80.8 Å². The predicted molar refractivity (Wildman–Crippen MR) is 116 cm³/mol. The van der Waals surface area contributed by atoms with Crippen LogP contribution in [0.15, 0.2) is 78.9 Å². The molecule has 1 amide bonds. The molecule has 3 aromatic rings. The first-order chi connectivity index (χ1) is 14.8. The topological polar surface area (TPSA) is 72.9 Å². The molecular formula is C25H23NO5. The van der Waals surface area contributed by atoms with Crippen LogP contribution in [0.4, 0.5) is 0 Å². The van der Waals surface area contributed by atoms with Gasteiger partial charge in [-0.3, -0.25) is 9.59 Å². The van der Waals surface area contributed by atoms with Gasteiger partial charge in [-0.25, -0.2) is 4.79 Å². The summed E-state index contributed by atoms with van der Waals surface area (Å²) in [5.74, 6) is -0.864. The van der Waals surface area contributed by atoms with Crippen molar-refractivity contribution >= 4 is 17.8 Å². The number of benzene rings is 3. The van der Waals surface area contributed by atoms with Crippen molar-refractivity contribution in [2.24, 2.45) is 0 Å². The first-order valence-electron chi connectivity index (χ1n) is 9.71. The van der Waals surface area contributed by atoms with E-state index in [9.17, 15) is 14.4 Å². The minimum Gasteiger partial charge on any atom is -0.444 e. The highest BCUT2D eigenvalue weighted by Crippen LogP contribution is 2.26. The van der Waals surface area contributed by atoms with Crippen molar-refractivity contribution in [3.63, 3.8) is 0 Å². The molecule has 0 fully saturated rings. The van der Waals surface area contributed by atoms with Gasteiger partial charge >= 0.3 is 11.9 Å². The number of nitrogens with zero attached hydrogens (tertiary/aromatic N) is 1. The maximum atomic E-state index is 12.9. The lowest BCUT2D eigenvalue weighted by Gasteiger charge is -2.21. The van der Waals surface area contributed by atoms with Gasteiger partial charge in [-0.15, -0.1) is 0 Å². The highest BCUT2D eigenvalue weighted by Gasteiger charge is 2.27. The van der Waals surface area contributed by atoms with Crippen LogP contribution in [-0.4, -0.2) is 36.8 Å². The molecule has 0 saturated carbocycles. The Kier molecular flexibility index (Phi) is 6.82. The Labute approximate surface area is 181 Å². The SMILES string of the molecule is CC(=O)Oc1ccc(-c2cccc(C(=O)O[C@@H](C(=O)N(C)C)c3ccccc3)c2)cc1. The third-order valence-electron chi connectivity index (χ3n) is 4.54. The Bertz CT molecular complexity index is 1070. The summed E-state index contributed by atoms with van der Waals surface area (Å²) in [6, 6.07) is 22.8. The van der Waals surface area contributed by atoms with Crippen LogP contribution in [0.2, 0.25) is 0 Å². The minimum atomic E-state index is -1.03.